The molecule has 108 valence electrons. The van der Waals surface area contributed by atoms with Crippen molar-refractivity contribution in [1.29, 1.82) is 0 Å². The lowest BCUT2D eigenvalue weighted by Gasteiger charge is -2.04. The van der Waals surface area contributed by atoms with Crippen LogP contribution in [0.15, 0.2) is 10.6 Å². The third-order valence-electron chi connectivity index (χ3n) is 3.74. The van der Waals surface area contributed by atoms with Gasteiger partial charge in [-0.15, -0.1) is 0 Å². The Morgan fingerprint density at radius 3 is 1.44 bits per heavy atom. The molecule has 0 aliphatic rings. The van der Waals surface area contributed by atoms with E-state index in [0.717, 1.165) is 5.03 Å². The maximum absolute atomic E-state index is 5.94. The predicted octanol–water partition coefficient (Wildman–Crippen LogP) is 7.22. The Balaban J connectivity index is 3.10. The van der Waals surface area contributed by atoms with Gasteiger partial charge in [-0.2, -0.15) is 0 Å². The summed E-state index contributed by atoms with van der Waals surface area (Å²) in [5, 5.41) is 0.988. The molecular formula is C17H33Cl. The van der Waals surface area contributed by atoms with Gasteiger partial charge in [0, 0.05) is 5.03 Å². The Morgan fingerprint density at radius 2 is 1.06 bits per heavy atom. The lowest BCUT2D eigenvalue weighted by atomic mass is 10.0. The van der Waals surface area contributed by atoms with Crippen LogP contribution in [-0.2, 0) is 0 Å². The second-order valence-electron chi connectivity index (χ2n) is 5.60. The fraction of sp³-hybridized carbons (Fsp3) is 0.882. The van der Waals surface area contributed by atoms with Crippen LogP contribution in [-0.4, -0.2) is 0 Å². The first-order valence-electron chi connectivity index (χ1n) is 8.00. The smallest absolute Gasteiger partial charge is 0.0139 e. The fourth-order valence-corrected chi connectivity index (χ4v) is 2.32. The molecule has 0 heterocycles. The summed E-state index contributed by atoms with van der Waals surface area (Å²) in [6.45, 7) is 6.43. The van der Waals surface area contributed by atoms with Crippen LogP contribution in [0.1, 0.15) is 97.8 Å². The second-order valence-corrected chi connectivity index (χ2v) is 6.17. The van der Waals surface area contributed by atoms with Crippen molar-refractivity contribution in [1.82, 2.24) is 0 Å². The summed E-state index contributed by atoms with van der Waals surface area (Å²) in [4.78, 5) is 0. The van der Waals surface area contributed by atoms with Crippen molar-refractivity contribution >= 4 is 11.6 Å². The SMILES string of the molecule is CCCCCCCCCCCCCC(C)=C(C)Cl. The summed E-state index contributed by atoms with van der Waals surface area (Å²) >= 11 is 5.94. The van der Waals surface area contributed by atoms with Gasteiger partial charge in [0.05, 0.1) is 0 Å². The monoisotopic (exact) mass is 272 g/mol. The van der Waals surface area contributed by atoms with Crippen LogP contribution in [0.2, 0.25) is 0 Å². The van der Waals surface area contributed by atoms with E-state index in [1.165, 1.54) is 82.6 Å². The molecule has 0 amide bonds. The Kier molecular flexibility index (Phi) is 13.5. The zero-order chi connectivity index (χ0) is 13.6. The van der Waals surface area contributed by atoms with E-state index < -0.39 is 0 Å². The van der Waals surface area contributed by atoms with Crippen molar-refractivity contribution in [3.63, 3.8) is 0 Å². The van der Waals surface area contributed by atoms with Crippen LogP contribution in [0.4, 0.5) is 0 Å². The van der Waals surface area contributed by atoms with Gasteiger partial charge in [0.1, 0.15) is 0 Å². The first kappa shape index (κ1) is 18.0. The third kappa shape index (κ3) is 12.5. The van der Waals surface area contributed by atoms with E-state index in [2.05, 4.69) is 13.8 Å². The van der Waals surface area contributed by atoms with E-state index >= 15 is 0 Å². The van der Waals surface area contributed by atoms with E-state index in [-0.39, 0.29) is 0 Å². The number of allylic oxidation sites excluding steroid dienone is 2. The Hall–Kier alpha value is 0.0300. The molecule has 0 aliphatic heterocycles. The summed E-state index contributed by atoms with van der Waals surface area (Å²) in [6, 6.07) is 0. The molecule has 0 spiro atoms. The number of hydrogen-bond acceptors (Lipinski definition) is 0. The molecule has 0 saturated heterocycles. The topological polar surface area (TPSA) is 0 Å². The summed E-state index contributed by atoms with van der Waals surface area (Å²) in [7, 11) is 0. The van der Waals surface area contributed by atoms with Crippen molar-refractivity contribution < 1.29 is 0 Å². The second kappa shape index (κ2) is 13.5. The summed E-state index contributed by atoms with van der Waals surface area (Å²) in [5.41, 5.74) is 1.37. The summed E-state index contributed by atoms with van der Waals surface area (Å²) in [6.07, 6.45) is 16.7. The number of rotatable bonds is 12. The predicted molar refractivity (Wildman–Crippen MR) is 85.3 cm³/mol. The van der Waals surface area contributed by atoms with Crippen LogP contribution in [0.5, 0.6) is 0 Å². The fourth-order valence-electron chi connectivity index (χ4n) is 2.23. The molecule has 0 atom stereocenters. The summed E-state index contributed by atoms with van der Waals surface area (Å²) in [5.74, 6) is 0. The lowest BCUT2D eigenvalue weighted by molar-refractivity contribution is 0.549. The van der Waals surface area contributed by atoms with Gasteiger partial charge in [0.2, 0.25) is 0 Å². The van der Waals surface area contributed by atoms with E-state index in [0.29, 0.717) is 0 Å². The van der Waals surface area contributed by atoms with Gasteiger partial charge in [0.25, 0.3) is 0 Å². The maximum atomic E-state index is 5.94. The van der Waals surface area contributed by atoms with Gasteiger partial charge in [0.15, 0.2) is 0 Å². The maximum Gasteiger partial charge on any atom is 0.0139 e. The highest BCUT2D eigenvalue weighted by Crippen LogP contribution is 2.17. The Bertz CT molecular complexity index is 202. The minimum absolute atomic E-state index is 0.988. The molecule has 0 aromatic rings. The normalized spacial score (nSPS) is 12.7. The quantitative estimate of drug-likeness (QED) is 0.329. The minimum Gasteiger partial charge on any atom is -0.0895 e. The van der Waals surface area contributed by atoms with Gasteiger partial charge in [-0.1, -0.05) is 88.3 Å². The van der Waals surface area contributed by atoms with E-state index in [4.69, 9.17) is 11.6 Å². The molecule has 0 unspecified atom stereocenters. The first-order valence-corrected chi connectivity index (χ1v) is 8.38. The largest absolute Gasteiger partial charge is 0.0895 e. The highest BCUT2D eigenvalue weighted by Gasteiger charge is 1.96. The Morgan fingerprint density at radius 1 is 0.667 bits per heavy atom. The minimum atomic E-state index is 0.988. The van der Waals surface area contributed by atoms with Crippen molar-refractivity contribution in [2.24, 2.45) is 0 Å². The third-order valence-corrected chi connectivity index (χ3v) is 4.07. The molecule has 1 heteroatoms. The molecule has 0 bridgehead atoms. The van der Waals surface area contributed by atoms with Gasteiger partial charge < -0.3 is 0 Å². The van der Waals surface area contributed by atoms with Gasteiger partial charge in [-0.3, -0.25) is 0 Å². The standard InChI is InChI=1S/C17H33Cl/c1-4-5-6-7-8-9-10-11-12-13-14-15-16(2)17(3)18/h4-15H2,1-3H3. The molecule has 0 saturated carbocycles. The number of unbranched alkanes of at least 4 members (excludes halogenated alkanes) is 10. The van der Waals surface area contributed by atoms with Gasteiger partial charge in [-0.05, 0) is 26.7 Å². The molecule has 18 heavy (non-hydrogen) atoms. The van der Waals surface area contributed by atoms with Crippen LogP contribution < -0.4 is 0 Å². The van der Waals surface area contributed by atoms with Gasteiger partial charge in [-0.25, -0.2) is 0 Å². The van der Waals surface area contributed by atoms with Crippen LogP contribution in [0.3, 0.4) is 0 Å². The van der Waals surface area contributed by atoms with Crippen LogP contribution >= 0.6 is 11.6 Å². The molecule has 0 fully saturated rings. The highest BCUT2D eigenvalue weighted by atomic mass is 35.5. The number of halogens is 1. The molecule has 0 nitrogen and oxygen atoms in total. The average molecular weight is 273 g/mol. The molecule has 0 radical (unpaired) electrons. The van der Waals surface area contributed by atoms with Gasteiger partial charge >= 0.3 is 0 Å². The first-order chi connectivity index (χ1) is 8.68. The van der Waals surface area contributed by atoms with Crippen molar-refractivity contribution in [3.8, 4) is 0 Å². The van der Waals surface area contributed by atoms with Crippen molar-refractivity contribution in [3.05, 3.63) is 10.6 Å². The van der Waals surface area contributed by atoms with Crippen molar-refractivity contribution in [2.75, 3.05) is 0 Å². The molecule has 0 aliphatic carbocycles. The number of hydrogen-bond donors (Lipinski definition) is 0. The summed E-state index contributed by atoms with van der Waals surface area (Å²) < 4.78 is 0. The van der Waals surface area contributed by atoms with Crippen molar-refractivity contribution in [2.45, 2.75) is 97.8 Å². The van der Waals surface area contributed by atoms with E-state index in [9.17, 15) is 0 Å². The van der Waals surface area contributed by atoms with E-state index in [1.54, 1.807) is 0 Å². The molecular weight excluding hydrogens is 240 g/mol. The highest BCUT2D eigenvalue weighted by molar-refractivity contribution is 6.29. The van der Waals surface area contributed by atoms with Crippen LogP contribution in [0.25, 0.3) is 0 Å². The zero-order valence-electron chi connectivity index (χ0n) is 12.9. The van der Waals surface area contributed by atoms with E-state index in [1.807, 2.05) is 6.92 Å². The molecule has 0 aromatic carbocycles. The molecule has 0 N–H and O–H groups in total. The molecule has 0 rings (SSSR count). The lowest BCUT2D eigenvalue weighted by Crippen LogP contribution is -1.84. The Labute approximate surface area is 120 Å². The zero-order valence-corrected chi connectivity index (χ0v) is 13.6. The molecule has 0 aromatic heterocycles. The van der Waals surface area contributed by atoms with Crippen LogP contribution in [0, 0.1) is 0 Å². The average Bonchev–Trinajstić information content (AvgIpc) is 2.35.